The molecule has 0 saturated carbocycles. The number of nitrogens with zero attached hydrogens (tertiary/aromatic N) is 1. The van der Waals surface area contributed by atoms with Crippen LogP contribution in [0.15, 0.2) is 36.4 Å². The smallest absolute Gasteiger partial charge is 0.311 e. The Labute approximate surface area is 165 Å². The molecule has 1 aliphatic heterocycles. The zero-order chi connectivity index (χ0) is 19.0. The molecule has 1 saturated heterocycles. The molecule has 1 fully saturated rings. The molecular formula is C22H24ClNO3. The number of methoxy groups -OCH3 is 1. The molecule has 27 heavy (non-hydrogen) atoms. The van der Waals surface area contributed by atoms with Gasteiger partial charge in [0.1, 0.15) is 12.4 Å². The van der Waals surface area contributed by atoms with Gasteiger partial charge in [-0.1, -0.05) is 29.8 Å². The number of likely N-dealkylation sites (tertiary alicyclic amines) is 1. The Hall–Kier alpha value is -2.04. The largest absolute Gasteiger partial charge is 0.489 e. The summed E-state index contributed by atoms with van der Waals surface area (Å²) >= 11 is 6.19. The van der Waals surface area contributed by atoms with E-state index in [4.69, 9.17) is 21.1 Å². The molecule has 2 aromatic rings. The van der Waals surface area contributed by atoms with Crippen LogP contribution in [0.5, 0.6) is 5.75 Å². The van der Waals surface area contributed by atoms with Crippen LogP contribution >= 0.6 is 11.6 Å². The molecule has 2 aliphatic rings. The van der Waals surface area contributed by atoms with E-state index in [1.807, 2.05) is 31.2 Å². The summed E-state index contributed by atoms with van der Waals surface area (Å²) in [6, 6.07) is 12.8. The number of ether oxygens (including phenoxy) is 2. The van der Waals surface area contributed by atoms with Crippen molar-refractivity contribution in [2.45, 2.75) is 32.4 Å². The van der Waals surface area contributed by atoms with Crippen LogP contribution in [0, 0.1) is 12.8 Å². The topological polar surface area (TPSA) is 38.8 Å². The van der Waals surface area contributed by atoms with Crippen LogP contribution in [0.1, 0.15) is 34.7 Å². The number of aryl methyl sites for hydroxylation is 2. The first-order valence-corrected chi connectivity index (χ1v) is 9.75. The van der Waals surface area contributed by atoms with Gasteiger partial charge in [0.2, 0.25) is 0 Å². The van der Waals surface area contributed by atoms with E-state index >= 15 is 0 Å². The molecule has 0 bridgehead atoms. The number of fused-ring (bicyclic) bond motifs is 1. The first-order chi connectivity index (χ1) is 13.0. The lowest BCUT2D eigenvalue weighted by Gasteiger charge is -2.41. The fourth-order valence-electron chi connectivity index (χ4n) is 4.02. The van der Waals surface area contributed by atoms with Crippen LogP contribution in [-0.4, -0.2) is 31.1 Å². The summed E-state index contributed by atoms with van der Waals surface area (Å²) in [7, 11) is 1.46. The van der Waals surface area contributed by atoms with Crippen molar-refractivity contribution in [3.8, 4) is 5.75 Å². The third kappa shape index (κ3) is 3.69. The SMILES string of the molecule is COC(=O)C1CN(C2CCc3cc(OCc4ccc(C)c(Cl)c4)ccc32)C1. The van der Waals surface area contributed by atoms with Crippen molar-refractivity contribution >= 4 is 17.6 Å². The van der Waals surface area contributed by atoms with Gasteiger partial charge in [-0.25, -0.2) is 0 Å². The average Bonchev–Trinajstić information content (AvgIpc) is 3.04. The van der Waals surface area contributed by atoms with Gasteiger partial charge in [-0.15, -0.1) is 0 Å². The van der Waals surface area contributed by atoms with Crippen molar-refractivity contribution in [1.29, 1.82) is 0 Å². The number of hydrogen-bond donors (Lipinski definition) is 0. The summed E-state index contributed by atoms with van der Waals surface area (Å²) in [6.07, 6.45) is 2.15. The Kier molecular flexibility index (Phi) is 5.11. The first-order valence-electron chi connectivity index (χ1n) is 9.37. The number of carbonyl (C=O) groups is 1. The summed E-state index contributed by atoms with van der Waals surface area (Å²) in [5.41, 5.74) is 4.85. The van der Waals surface area contributed by atoms with Gasteiger partial charge in [-0.2, -0.15) is 0 Å². The zero-order valence-electron chi connectivity index (χ0n) is 15.7. The second-order valence-corrected chi connectivity index (χ2v) is 7.87. The highest BCUT2D eigenvalue weighted by Gasteiger charge is 2.40. The van der Waals surface area contributed by atoms with E-state index in [-0.39, 0.29) is 11.9 Å². The fourth-order valence-corrected chi connectivity index (χ4v) is 4.22. The minimum absolute atomic E-state index is 0.0305. The molecule has 2 aromatic carbocycles. The van der Waals surface area contributed by atoms with E-state index in [0.29, 0.717) is 12.6 Å². The van der Waals surface area contributed by atoms with Gasteiger partial charge < -0.3 is 9.47 Å². The first kappa shape index (κ1) is 18.3. The second kappa shape index (κ2) is 7.53. The van der Waals surface area contributed by atoms with Gasteiger partial charge in [0.25, 0.3) is 0 Å². The lowest BCUT2D eigenvalue weighted by molar-refractivity contribution is -0.152. The number of halogens is 1. The minimum atomic E-state index is -0.0931. The van der Waals surface area contributed by atoms with E-state index < -0.39 is 0 Å². The van der Waals surface area contributed by atoms with E-state index in [2.05, 4.69) is 17.0 Å². The lowest BCUT2D eigenvalue weighted by Crippen LogP contribution is -2.51. The highest BCUT2D eigenvalue weighted by Crippen LogP contribution is 2.40. The quantitative estimate of drug-likeness (QED) is 0.718. The van der Waals surface area contributed by atoms with E-state index in [9.17, 15) is 4.79 Å². The van der Waals surface area contributed by atoms with Crippen LogP contribution in [0.3, 0.4) is 0 Å². The number of rotatable bonds is 5. The monoisotopic (exact) mass is 385 g/mol. The van der Waals surface area contributed by atoms with Crippen molar-refractivity contribution in [3.63, 3.8) is 0 Å². The highest BCUT2D eigenvalue weighted by atomic mass is 35.5. The van der Waals surface area contributed by atoms with Crippen LogP contribution < -0.4 is 4.74 Å². The van der Waals surface area contributed by atoms with Crippen molar-refractivity contribution in [1.82, 2.24) is 4.90 Å². The van der Waals surface area contributed by atoms with E-state index in [1.54, 1.807) is 0 Å². The molecule has 4 rings (SSSR count). The predicted molar refractivity (Wildman–Crippen MR) is 105 cm³/mol. The summed E-state index contributed by atoms with van der Waals surface area (Å²) in [5, 5.41) is 0.771. The summed E-state index contributed by atoms with van der Waals surface area (Å²) in [4.78, 5) is 14.0. The van der Waals surface area contributed by atoms with Crippen molar-refractivity contribution in [2.24, 2.45) is 5.92 Å². The summed E-state index contributed by atoms with van der Waals surface area (Å²) in [5.74, 6) is 0.828. The van der Waals surface area contributed by atoms with E-state index in [0.717, 1.165) is 47.8 Å². The van der Waals surface area contributed by atoms with Gasteiger partial charge in [0.05, 0.1) is 13.0 Å². The average molecular weight is 386 g/mol. The van der Waals surface area contributed by atoms with Crippen molar-refractivity contribution < 1.29 is 14.3 Å². The number of hydrogen-bond acceptors (Lipinski definition) is 4. The molecule has 0 radical (unpaired) electrons. The maximum Gasteiger partial charge on any atom is 0.311 e. The fraction of sp³-hybridized carbons (Fsp3) is 0.409. The molecule has 5 heteroatoms. The van der Waals surface area contributed by atoms with Gasteiger partial charge in [0, 0.05) is 24.2 Å². The van der Waals surface area contributed by atoms with Crippen LogP contribution in [0.2, 0.25) is 5.02 Å². The Morgan fingerprint density at radius 1 is 1.22 bits per heavy atom. The molecule has 0 amide bonds. The molecular weight excluding hydrogens is 362 g/mol. The lowest BCUT2D eigenvalue weighted by atomic mass is 9.95. The highest BCUT2D eigenvalue weighted by molar-refractivity contribution is 6.31. The van der Waals surface area contributed by atoms with Crippen LogP contribution in [0.25, 0.3) is 0 Å². The third-order valence-corrected chi connectivity index (χ3v) is 6.09. The van der Waals surface area contributed by atoms with Gasteiger partial charge in [0.15, 0.2) is 0 Å². The maximum absolute atomic E-state index is 11.6. The molecule has 1 aliphatic carbocycles. The van der Waals surface area contributed by atoms with Crippen LogP contribution in [-0.2, 0) is 22.6 Å². The predicted octanol–water partition coefficient (Wildman–Crippen LogP) is 4.32. The van der Waals surface area contributed by atoms with Gasteiger partial charge >= 0.3 is 5.97 Å². The Morgan fingerprint density at radius 2 is 2.04 bits per heavy atom. The number of carbonyl (C=O) groups excluding carboxylic acids is 1. The maximum atomic E-state index is 11.6. The van der Waals surface area contributed by atoms with Crippen LogP contribution in [0.4, 0.5) is 0 Å². The molecule has 1 unspecified atom stereocenters. The van der Waals surface area contributed by atoms with E-state index in [1.165, 1.54) is 18.2 Å². The molecule has 1 atom stereocenters. The minimum Gasteiger partial charge on any atom is -0.489 e. The molecule has 142 valence electrons. The summed E-state index contributed by atoms with van der Waals surface area (Å²) in [6.45, 7) is 4.09. The van der Waals surface area contributed by atoms with Crippen molar-refractivity contribution in [3.05, 3.63) is 63.7 Å². The zero-order valence-corrected chi connectivity index (χ0v) is 16.5. The molecule has 1 heterocycles. The number of benzene rings is 2. The molecule has 0 N–H and O–H groups in total. The summed E-state index contributed by atoms with van der Waals surface area (Å²) < 4.78 is 10.8. The molecule has 0 spiro atoms. The Morgan fingerprint density at radius 3 is 2.78 bits per heavy atom. The van der Waals surface area contributed by atoms with Gasteiger partial charge in [-0.05, 0) is 60.2 Å². The molecule has 4 nitrogen and oxygen atoms in total. The Bertz CT molecular complexity index is 861. The van der Waals surface area contributed by atoms with Crippen molar-refractivity contribution in [2.75, 3.05) is 20.2 Å². The number of esters is 1. The Balaban J connectivity index is 1.38. The molecule has 0 aromatic heterocycles. The standard InChI is InChI=1S/C22H24ClNO3/c1-14-3-4-15(9-20(14)23)13-27-18-6-7-19-16(10-18)5-8-21(19)24-11-17(12-24)22(25)26-2/h3-4,6-7,9-10,17,21H,5,8,11-13H2,1-2H3. The third-order valence-electron chi connectivity index (χ3n) is 5.69. The normalized spacial score (nSPS) is 19.4. The van der Waals surface area contributed by atoms with Gasteiger partial charge in [-0.3, -0.25) is 9.69 Å². The second-order valence-electron chi connectivity index (χ2n) is 7.46.